The van der Waals surface area contributed by atoms with Gasteiger partial charge in [-0.1, -0.05) is 12.1 Å². The molecule has 1 heterocycles. The second kappa shape index (κ2) is 22.6. The average Bonchev–Trinajstić information content (AvgIpc) is 3.23. The van der Waals surface area contributed by atoms with Crippen LogP contribution in [0.25, 0.3) is 11.0 Å². The molecule has 23 nitrogen and oxygen atoms in total. The number of rotatable bonds is 12. The third kappa shape index (κ3) is 22.5. The van der Waals surface area contributed by atoms with Gasteiger partial charge in [0.1, 0.15) is 15.7 Å². The molecule has 0 bridgehead atoms. The maximum Gasteiger partial charge on any atom is 3.00 e. The van der Waals surface area contributed by atoms with Crippen molar-refractivity contribution in [1.29, 1.82) is 0 Å². The topological polar surface area (TPSA) is 435 Å². The Labute approximate surface area is 304 Å². The summed E-state index contributed by atoms with van der Waals surface area (Å²) in [4.78, 5) is 65.2. The summed E-state index contributed by atoms with van der Waals surface area (Å²) >= 11 is 4.90. The van der Waals surface area contributed by atoms with Crippen molar-refractivity contribution in [3.8, 4) is 0 Å². The molecular formula is C19H18Au2N2O21S4. The molecule has 48 heavy (non-hydrogen) atoms. The fraction of sp³-hybridized carbons (Fsp3) is 0.316. The standard InChI is InChI=1S/C7H6N2S.3C4H6O7S.2Au/c10-7-8-5-3-1-2-4-6(5)9-7;3*5-3(6)1-2(4(7)8)12(9,10)11;;/h1-4H,(H2,8,9,10);3*2H,1H2,(H,5,6)(H,7,8)(H,9,10,11);;/q;;;;2*+3/p-6. The first-order valence-electron chi connectivity index (χ1n) is 10.9. The zero-order valence-electron chi connectivity index (χ0n) is 22.6. The molecule has 0 saturated carbocycles. The Kier molecular flexibility index (Phi) is 24.3. The number of aliphatic carboxylic acids is 6. The van der Waals surface area contributed by atoms with Crippen molar-refractivity contribution in [3.05, 3.63) is 29.0 Å². The van der Waals surface area contributed by atoms with Crippen molar-refractivity contribution in [2.24, 2.45) is 0 Å². The van der Waals surface area contributed by atoms with Gasteiger partial charge >= 0.3 is 44.8 Å². The predicted octanol–water partition coefficient (Wildman–Crippen LogP) is -9.38. The SMILES string of the molecule is O=C([O-])CC(C(=O)[O-])S(=O)(=O)O.O=C([O-])CC(C(=O)[O-])S(=O)(=O)O.O=C([O-])CC(C(=O)[O-])S(=O)(=O)O.S=c1[nH]c2ccccc2[nH]1.[Au+3].[Au+3]. The Balaban J connectivity index is -0.000000265. The molecule has 0 fully saturated rings. The Morgan fingerprint density at radius 2 is 0.771 bits per heavy atom. The van der Waals surface area contributed by atoms with E-state index in [4.69, 9.17) is 25.9 Å². The van der Waals surface area contributed by atoms with Crippen LogP contribution in [0.5, 0.6) is 0 Å². The number of carbonyl (C=O) groups is 6. The molecule has 0 radical (unpaired) electrons. The van der Waals surface area contributed by atoms with Crippen molar-refractivity contribution in [2.75, 3.05) is 0 Å². The van der Waals surface area contributed by atoms with Crippen molar-refractivity contribution in [1.82, 2.24) is 9.97 Å². The van der Waals surface area contributed by atoms with Gasteiger partial charge < -0.3 is 69.4 Å². The van der Waals surface area contributed by atoms with E-state index in [0.717, 1.165) is 11.0 Å². The van der Waals surface area contributed by atoms with Crippen LogP contribution in [0.2, 0.25) is 0 Å². The number of aromatic nitrogens is 2. The first kappa shape index (κ1) is 51.8. The van der Waals surface area contributed by atoms with Crippen molar-refractivity contribution < 1.29 is 143 Å². The van der Waals surface area contributed by atoms with Gasteiger partial charge in [-0.3, -0.25) is 13.7 Å². The van der Waals surface area contributed by atoms with E-state index in [1.165, 1.54) is 0 Å². The number of carboxylic acids is 6. The van der Waals surface area contributed by atoms with Crippen LogP contribution < -0.4 is 30.6 Å². The third-order valence-corrected chi connectivity index (χ3v) is 7.79. The number of H-pyrrole nitrogens is 2. The summed E-state index contributed by atoms with van der Waals surface area (Å²) in [6.07, 6.45) is -4.00. The smallest absolute Gasteiger partial charge is 0.550 e. The van der Waals surface area contributed by atoms with Gasteiger partial charge in [-0.2, -0.15) is 25.3 Å². The van der Waals surface area contributed by atoms with Crippen LogP contribution in [0.15, 0.2) is 24.3 Å². The molecule has 29 heteroatoms. The fourth-order valence-corrected chi connectivity index (χ4v) is 4.35. The van der Waals surface area contributed by atoms with Gasteiger partial charge in [0, 0.05) is 37.2 Å². The molecule has 2 aromatic rings. The molecule has 0 aliphatic carbocycles. The molecule has 3 unspecified atom stereocenters. The normalized spacial score (nSPS) is 12.5. The summed E-state index contributed by atoms with van der Waals surface area (Å²) in [5.41, 5.74) is 2.13. The maximum absolute atomic E-state index is 10.2. The van der Waals surface area contributed by atoms with Crippen LogP contribution in [-0.4, -0.2) is 100 Å². The van der Waals surface area contributed by atoms with Crippen LogP contribution >= 0.6 is 12.2 Å². The number of benzene rings is 1. The van der Waals surface area contributed by atoms with Gasteiger partial charge in [0.05, 0.1) is 28.9 Å². The molecule has 0 spiro atoms. The summed E-state index contributed by atoms with van der Waals surface area (Å²) in [5, 5.41) is 51.8. The second-order valence-electron chi connectivity index (χ2n) is 7.82. The van der Waals surface area contributed by atoms with Crippen LogP contribution in [0.4, 0.5) is 0 Å². The molecule has 0 aliphatic rings. The zero-order chi connectivity index (χ0) is 36.8. The molecule has 0 aliphatic heterocycles. The summed E-state index contributed by atoms with van der Waals surface area (Å²) in [7, 11) is -14.8. The quantitative estimate of drug-likeness (QED) is 0.0748. The Morgan fingerprint density at radius 1 is 0.562 bits per heavy atom. The summed E-state index contributed by atoms with van der Waals surface area (Å²) in [6, 6.07) is 7.92. The molecular weight excluding hydrogens is 1110 g/mol. The van der Waals surface area contributed by atoms with Gasteiger partial charge in [0.15, 0.2) is 4.77 Å². The number of carbonyl (C=O) groups excluding carboxylic acids is 6. The first-order chi connectivity index (χ1) is 20.6. The number of fused-ring (bicyclic) bond motifs is 1. The zero-order valence-corrected chi connectivity index (χ0v) is 30.2. The summed E-state index contributed by atoms with van der Waals surface area (Å²) in [6.45, 7) is 0. The largest absolute Gasteiger partial charge is 3.00 e. The Bertz CT molecular complexity index is 1640. The summed E-state index contributed by atoms with van der Waals surface area (Å²) in [5.74, 6) is -12.2. The molecule has 3 atom stereocenters. The molecule has 1 aromatic heterocycles. The van der Waals surface area contributed by atoms with Gasteiger partial charge in [-0.05, 0) is 24.4 Å². The minimum Gasteiger partial charge on any atom is -0.550 e. The number of imidazole rings is 1. The van der Waals surface area contributed by atoms with Gasteiger partial charge in [0.2, 0.25) is 0 Å². The molecule has 1 aromatic carbocycles. The van der Waals surface area contributed by atoms with Crippen LogP contribution in [0.1, 0.15) is 19.3 Å². The van der Waals surface area contributed by atoms with Crippen molar-refractivity contribution in [2.45, 2.75) is 35.0 Å². The maximum atomic E-state index is 10.2. The Morgan fingerprint density at radius 3 is 0.896 bits per heavy atom. The molecule has 0 saturated heterocycles. The van der Waals surface area contributed by atoms with E-state index >= 15 is 0 Å². The fourth-order valence-electron chi connectivity index (χ4n) is 2.36. The van der Waals surface area contributed by atoms with E-state index in [1.807, 2.05) is 24.3 Å². The van der Waals surface area contributed by atoms with Crippen LogP contribution in [-0.2, 0) is 104 Å². The minimum absolute atomic E-state index is 0. The van der Waals surface area contributed by atoms with E-state index in [2.05, 4.69) is 9.97 Å². The predicted molar refractivity (Wildman–Crippen MR) is 133 cm³/mol. The van der Waals surface area contributed by atoms with E-state index in [9.17, 15) is 84.7 Å². The monoisotopic (exact) mass is 1130 g/mol. The number of para-hydroxylation sites is 2. The molecule has 2 rings (SSSR count). The molecule has 0 amide bonds. The molecule has 5 N–H and O–H groups in total. The van der Waals surface area contributed by atoms with E-state index in [0.29, 0.717) is 4.77 Å². The minimum atomic E-state index is -4.94. The first-order valence-corrected chi connectivity index (χ1v) is 15.8. The number of hydrogen-bond donors (Lipinski definition) is 5. The third-order valence-electron chi connectivity index (χ3n) is 4.35. The van der Waals surface area contributed by atoms with Crippen molar-refractivity contribution >= 4 is 89.4 Å². The van der Waals surface area contributed by atoms with E-state index in [-0.39, 0.29) is 44.8 Å². The van der Waals surface area contributed by atoms with Crippen molar-refractivity contribution in [3.63, 3.8) is 0 Å². The number of hydrogen-bond acceptors (Lipinski definition) is 19. The van der Waals surface area contributed by atoms with Gasteiger partial charge in [-0.15, -0.1) is 0 Å². The van der Waals surface area contributed by atoms with Crippen LogP contribution in [0, 0.1) is 4.77 Å². The number of carboxylic acid groups (broad SMARTS) is 6. The number of nitrogens with one attached hydrogen (secondary N) is 2. The number of aromatic amines is 2. The second-order valence-corrected chi connectivity index (χ2v) is 13.0. The van der Waals surface area contributed by atoms with Gasteiger partial charge in [0.25, 0.3) is 30.4 Å². The van der Waals surface area contributed by atoms with Gasteiger partial charge in [-0.25, -0.2) is 0 Å². The van der Waals surface area contributed by atoms with Crippen LogP contribution in [0.3, 0.4) is 0 Å². The van der Waals surface area contributed by atoms with E-state index in [1.54, 1.807) is 0 Å². The summed E-state index contributed by atoms with van der Waals surface area (Å²) < 4.78 is 86.1. The Hall–Kier alpha value is -3.06. The average molecular weight is 1130 g/mol. The molecule has 276 valence electrons. The van der Waals surface area contributed by atoms with E-state index < -0.39 is 101 Å².